The summed E-state index contributed by atoms with van der Waals surface area (Å²) in [7, 11) is 1.80. The summed E-state index contributed by atoms with van der Waals surface area (Å²) in [5, 5.41) is 0. The number of nitrogens with zero attached hydrogens (tertiary/aromatic N) is 1. The van der Waals surface area contributed by atoms with E-state index >= 15 is 0 Å². The highest BCUT2D eigenvalue weighted by Crippen LogP contribution is 2.37. The zero-order valence-corrected chi connectivity index (χ0v) is 11.4. The third-order valence-electron chi connectivity index (χ3n) is 4.23. The molecule has 3 atom stereocenters. The minimum Gasteiger partial charge on any atom is -0.377 e. The van der Waals surface area contributed by atoms with Gasteiger partial charge in [0, 0.05) is 31.5 Å². The minimum absolute atomic E-state index is 0.0279. The summed E-state index contributed by atoms with van der Waals surface area (Å²) in [6.45, 7) is 2.29. The van der Waals surface area contributed by atoms with Gasteiger partial charge in [0.05, 0.1) is 5.60 Å². The fraction of sp³-hybridized carbons (Fsp3) is 0.667. The molecule has 0 aromatic carbocycles. The van der Waals surface area contributed by atoms with Gasteiger partial charge < -0.3 is 10.5 Å². The van der Waals surface area contributed by atoms with Crippen LogP contribution in [0.4, 0.5) is 0 Å². The quantitative estimate of drug-likeness (QED) is 0.890. The first-order valence-electron chi connectivity index (χ1n) is 6.87. The van der Waals surface area contributed by atoms with Crippen molar-refractivity contribution >= 4 is 0 Å². The lowest BCUT2D eigenvalue weighted by atomic mass is 9.73. The van der Waals surface area contributed by atoms with E-state index in [2.05, 4.69) is 11.9 Å². The van der Waals surface area contributed by atoms with Crippen LogP contribution in [0.1, 0.15) is 38.3 Å². The molecule has 0 radical (unpaired) electrons. The number of methoxy groups -OCH3 is 1. The van der Waals surface area contributed by atoms with Gasteiger partial charge in [-0.25, -0.2) is 0 Å². The first-order chi connectivity index (χ1) is 8.66. The van der Waals surface area contributed by atoms with E-state index in [-0.39, 0.29) is 11.6 Å². The van der Waals surface area contributed by atoms with Gasteiger partial charge in [-0.1, -0.05) is 25.8 Å². The van der Waals surface area contributed by atoms with Crippen LogP contribution in [0.3, 0.4) is 0 Å². The Hall–Kier alpha value is -0.930. The van der Waals surface area contributed by atoms with E-state index in [9.17, 15) is 0 Å². The van der Waals surface area contributed by atoms with Crippen LogP contribution in [0.15, 0.2) is 24.4 Å². The predicted molar refractivity (Wildman–Crippen MR) is 73.3 cm³/mol. The lowest BCUT2D eigenvalue weighted by molar-refractivity contribution is -0.0706. The predicted octanol–water partition coefficient (Wildman–Crippen LogP) is 2.55. The number of hydrogen-bond acceptors (Lipinski definition) is 3. The SMILES string of the molecule is COC1(C(N)Cc2ccccn2)CCCC(C)C1. The molecule has 3 heteroatoms. The van der Waals surface area contributed by atoms with Crippen molar-refractivity contribution in [1.82, 2.24) is 4.98 Å². The molecule has 0 amide bonds. The Kier molecular flexibility index (Phi) is 4.36. The van der Waals surface area contributed by atoms with E-state index < -0.39 is 0 Å². The van der Waals surface area contributed by atoms with Crippen LogP contribution in [0.25, 0.3) is 0 Å². The number of aromatic nitrogens is 1. The summed E-state index contributed by atoms with van der Waals surface area (Å²) in [5.41, 5.74) is 7.32. The van der Waals surface area contributed by atoms with Crippen molar-refractivity contribution in [3.05, 3.63) is 30.1 Å². The summed E-state index contributed by atoms with van der Waals surface area (Å²) < 4.78 is 5.83. The van der Waals surface area contributed by atoms with E-state index in [0.29, 0.717) is 5.92 Å². The molecule has 0 bridgehead atoms. The summed E-state index contributed by atoms with van der Waals surface area (Å²) in [5.74, 6) is 0.702. The fourth-order valence-corrected chi connectivity index (χ4v) is 3.15. The molecule has 2 rings (SSSR count). The lowest BCUT2D eigenvalue weighted by Gasteiger charge is -2.43. The van der Waals surface area contributed by atoms with Crippen LogP contribution in [0.5, 0.6) is 0 Å². The van der Waals surface area contributed by atoms with Crippen molar-refractivity contribution in [2.24, 2.45) is 11.7 Å². The maximum Gasteiger partial charge on any atom is 0.0835 e. The number of rotatable bonds is 4. The van der Waals surface area contributed by atoms with Crippen LogP contribution in [-0.4, -0.2) is 23.7 Å². The Morgan fingerprint density at radius 1 is 1.56 bits per heavy atom. The molecule has 2 N–H and O–H groups in total. The molecule has 1 heterocycles. The van der Waals surface area contributed by atoms with Gasteiger partial charge in [-0.05, 0) is 30.9 Å². The zero-order valence-electron chi connectivity index (χ0n) is 11.4. The molecule has 18 heavy (non-hydrogen) atoms. The summed E-state index contributed by atoms with van der Waals surface area (Å²) in [6.07, 6.45) is 7.26. The zero-order chi connectivity index (χ0) is 13.0. The fourth-order valence-electron chi connectivity index (χ4n) is 3.15. The van der Waals surface area contributed by atoms with Crippen LogP contribution in [0, 0.1) is 5.92 Å². The number of hydrogen-bond donors (Lipinski definition) is 1. The average molecular weight is 248 g/mol. The molecule has 1 aromatic heterocycles. The van der Waals surface area contributed by atoms with Crippen molar-refractivity contribution in [1.29, 1.82) is 0 Å². The second-order valence-electron chi connectivity index (χ2n) is 5.60. The van der Waals surface area contributed by atoms with Crippen LogP contribution in [0.2, 0.25) is 0 Å². The van der Waals surface area contributed by atoms with Gasteiger partial charge in [-0.3, -0.25) is 4.98 Å². The van der Waals surface area contributed by atoms with Crippen molar-refractivity contribution < 1.29 is 4.74 Å². The van der Waals surface area contributed by atoms with Crippen LogP contribution >= 0.6 is 0 Å². The van der Waals surface area contributed by atoms with Gasteiger partial charge >= 0.3 is 0 Å². The van der Waals surface area contributed by atoms with Gasteiger partial charge in [0.25, 0.3) is 0 Å². The number of nitrogens with two attached hydrogens (primary N) is 1. The first kappa shape index (κ1) is 13.5. The molecule has 1 aliphatic carbocycles. The molecular weight excluding hydrogens is 224 g/mol. The van der Waals surface area contributed by atoms with E-state index in [1.165, 1.54) is 12.8 Å². The summed E-state index contributed by atoms with van der Waals surface area (Å²) in [6, 6.07) is 6.01. The Labute approximate surface area is 110 Å². The molecule has 1 saturated carbocycles. The van der Waals surface area contributed by atoms with E-state index in [1.54, 1.807) is 7.11 Å². The minimum atomic E-state index is -0.158. The Balaban J connectivity index is 2.07. The Morgan fingerprint density at radius 3 is 3.00 bits per heavy atom. The first-order valence-corrected chi connectivity index (χ1v) is 6.87. The molecule has 0 spiro atoms. The Morgan fingerprint density at radius 2 is 2.39 bits per heavy atom. The summed E-state index contributed by atoms with van der Waals surface area (Å²) >= 11 is 0. The molecule has 3 nitrogen and oxygen atoms in total. The summed E-state index contributed by atoms with van der Waals surface area (Å²) in [4.78, 5) is 4.36. The topological polar surface area (TPSA) is 48.1 Å². The average Bonchev–Trinajstić information content (AvgIpc) is 2.39. The standard InChI is InChI=1S/C15H24N2O/c1-12-6-5-8-15(11-12,18-2)14(16)10-13-7-3-4-9-17-13/h3-4,7,9,12,14H,5-6,8,10-11,16H2,1-2H3. The molecule has 100 valence electrons. The molecule has 3 unspecified atom stereocenters. The second-order valence-corrected chi connectivity index (χ2v) is 5.60. The highest BCUT2D eigenvalue weighted by atomic mass is 16.5. The lowest BCUT2D eigenvalue weighted by Crippen LogP contribution is -2.53. The van der Waals surface area contributed by atoms with E-state index in [1.807, 2.05) is 24.4 Å². The van der Waals surface area contributed by atoms with Crippen molar-refractivity contribution in [2.75, 3.05) is 7.11 Å². The maximum atomic E-state index is 6.42. The largest absolute Gasteiger partial charge is 0.377 e. The molecule has 0 aliphatic heterocycles. The van der Waals surface area contributed by atoms with Crippen LogP contribution in [-0.2, 0) is 11.2 Å². The molecule has 1 aliphatic rings. The second kappa shape index (κ2) is 5.81. The van der Waals surface area contributed by atoms with Gasteiger partial charge in [-0.2, -0.15) is 0 Å². The Bertz CT molecular complexity index is 368. The van der Waals surface area contributed by atoms with Crippen molar-refractivity contribution in [2.45, 2.75) is 50.7 Å². The van der Waals surface area contributed by atoms with Gasteiger partial charge in [0.1, 0.15) is 0 Å². The molecule has 1 fully saturated rings. The van der Waals surface area contributed by atoms with Crippen molar-refractivity contribution in [3.8, 4) is 0 Å². The smallest absolute Gasteiger partial charge is 0.0835 e. The molecular formula is C15H24N2O. The van der Waals surface area contributed by atoms with E-state index in [0.717, 1.165) is 25.0 Å². The number of ether oxygens (including phenoxy) is 1. The third kappa shape index (κ3) is 2.90. The normalized spacial score (nSPS) is 30.1. The van der Waals surface area contributed by atoms with Gasteiger partial charge in [0.15, 0.2) is 0 Å². The molecule has 0 saturated heterocycles. The number of pyridine rings is 1. The highest BCUT2D eigenvalue weighted by molar-refractivity contribution is 5.08. The van der Waals surface area contributed by atoms with Gasteiger partial charge in [0.2, 0.25) is 0 Å². The monoisotopic (exact) mass is 248 g/mol. The van der Waals surface area contributed by atoms with Gasteiger partial charge in [-0.15, -0.1) is 0 Å². The third-order valence-corrected chi connectivity index (χ3v) is 4.23. The maximum absolute atomic E-state index is 6.42. The highest BCUT2D eigenvalue weighted by Gasteiger charge is 2.40. The molecule has 1 aromatic rings. The van der Waals surface area contributed by atoms with Crippen LogP contribution < -0.4 is 5.73 Å². The van der Waals surface area contributed by atoms with E-state index in [4.69, 9.17) is 10.5 Å². The van der Waals surface area contributed by atoms with Crippen molar-refractivity contribution in [3.63, 3.8) is 0 Å².